The van der Waals surface area contributed by atoms with E-state index < -0.39 is 0 Å². The van der Waals surface area contributed by atoms with Crippen LogP contribution in [0.25, 0.3) is 0 Å². The highest BCUT2D eigenvalue weighted by atomic mass is 35.5. The third-order valence-electron chi connectivity index (χ3n) is 3.44. The number of halogens is 1. The van der Waals surface area contributed by atoms with Gasteiger partial charge in [0.25, 0.3) is 0 Å². The standard InChI is InChI=1S/C14H19ClN2OS/c1-19-7-5-13(16)14(18)17-6-4-10-2-3-12(15)8-11(10)9-17/h2-3,8,13H,4-7,9,16H2,1H3/t13-/m0/s1. The van der Waals surface area contributed by atoms with Crippen LogP contribution >= 0.6 is 23.4 Å². The van der Waals surface area contributed by atoms with Crippen LogP contribution in [0.3, 0.4) is 0 Å². The first-order valence-electron chi connectivity index (χ1n) is 6.42. The Morgan fingerprint density at radius 3 is 3.05 bits per heavy atom. The van der Waals surface area contributed by atoms with E-state index in [1.807, 2.05) is 29.4 Å². The number of hydrogen-bond acceptors (Lipinski definition) is 3. The van der Waals surface area contributed by atoms with E-state index in [2.05, 4.69) is 0 Å². The largest absolute Gasteiger partial charge is 0.337 e. The summed E-state index contributed by atoms with van der Waals surface area (Å²) < 4.78 is 0. The van der Waals surface area contributed by atoms with Crippen LogP contribution < -0.4 is 5.73 Å². The number of hydrogen-bond donors (Lipinski definition) is 1. The molecule has 2 N–H and O–H groups in total. The summed E-state index contributed by atoms with van der Waals surface area (Å²) in [5.74, 6) is 0.975. The molecule has 1 aliphatic rings. The van der Waals surface area contributed by atoms with E-state index in [0.29, 0.717) is 6.54 Å². The smallest absolute Gasteiger partial charge is 0.239 e. The molecule has 19 heavy (non-hydrogen) atoms. The minimum atomic E-state index is -0.381. The fourth-order valence-corrected chi connectivity index (χ4v) is 3.00. The van der Waals surface area contributed by atoms with Gasteiger partial charge >= 0.3 is 0 Å². The predicted octanol–water partition coefficient (Wildman–Crippen LogP) is 2.31. The molecule has 104 valence electrons. The zero-order chi connectivity index (χ0) is 13.8. The number of benzene rings is 1. The molecular weight excluding hydrogens is 280 g/mol. The topological polar surface area (TPSA) is 46.3 Å². The molecule has 0 radical (unpaired) electrons. The number of thioether (sulfide) groups is 1. The molecular formula is C14H19ClN2OS. The fraction of sp³-hybridized carbons (Fsp3) is 0.500. The molecule has 5 heteroatoms. The highest BCUT2D eigenvalue weighted by Crippen LogP contribution is 2.23. The van der Waals surface area contributed by atoms with Gasteiger partial charge in [-0.15, -0.1) is 0 Å². The summed E-state index contributed by atoms with van der Waals surface area (Å²) in [5.41, 5.74) is 8.38. The summed E-state index contributed by atoms with van der Waals surface area (Å²) in [5, 5.41) is 0.722. The van der Waals surface area contributed by atoms with Gasteiger partial charge in [-0.05, 0) is 48.1 Å². The summed E-state index contributed by atoms with van der Waals surface area (Å²) in [6.07, 6.45) is 3.64. The van der Waals surface area contributed by atoms with Crippen molar-refractivity contribution in [3.8, 4) is 0 Å². The Labute approximate surface area is 123 Å². The lowest BCUT2D eigenvalue weighted by molar-refractivity contribution is -0.133. The van der Waals surface area contributed by atoms with Crippen molar-refractivity contribution in [2.24, 2.45) is 5.73 Å². The predicted molar refractivity (Wildman–Crippen MR) is 81.5 cm³/mol. The molecule has 2 rings (SSSR count). The Balaban J connectivity index is 2.02. The van der Waals surface area contributed by atoms with E-state index in [4.69, 9.17) is 17.3 Å². The van der Waals surface area contributed by atoms with Crippen molar-refractivity contribution in [3.63, 3.8) is 0 Å². The second-order valence-corrected chi connectivity index (χ2v) is 6.23. The lowest BCUT2D eigenvalue weighted by Gasteiger charge is -2.31. The van der Waals surface area contributed by atoms with Crippen LogP contribution in [0.15, 0.2) is 18.2 Å². The maximum Gasteiger partial charge on any atom is 0.239 e. The van der Waals surface area contributed by atoms with Gasteiger partial charge in [-0.25, -0.2) is 0 Å². The molecule has 1 amide bonds. The van der Waals surface area contributed by atoms with E-state index in [0.717, 1.165) is 35.7 Å². The lowest BCUT2D eigenvalue weighted by atomic mass is 9.99. The van der Waals surface area contributed by atoms with Gasteiger partial charge in [0.2, 0.25) is 5.91 Å². The molecule has 0 saturated heterocycles. The lowest BCUT2D eigenvalue weighted by Crippen LogP contribution is -2.46. The Morgan fingerprint density at radius 1 is 1.53 bits per heavy atom. The maximum atomic E-state index is 12.3. The number of carbonyl (C=O) groups excluding carboxylic acids is 1. The van der Waals surface area contributed by atoms with Gasteiger partial charge in [-0.3, -0.25) is 4.79 Å². The van der Waals surface area contributed by atoms with Crippen molar-refractivity contribution in [2.75, 3.05) is 18.6 Å². The average molecular weight is 299 g/mol. The minimum Gasteiger partial charge on any atom is -0.337 e. The third-order valence-corrected chi connectivity index (χ3v) is 4.32. The summed E-state index contributed by atoms with van der Waals surface area (Å²) >= 11 is 7.72. The average Bonchev–Trinajstić information content (AvgIpc) is 2.43. The second kappa shape index (κ2) is 6.64. The van der Waals surface area contributed by atoms with Gasteiger partial charge in [-0.1, -0.05) is 17.7 Å². The molecule has 1 aromatic rings. The van der Waals surface area contributed by atoms with Crippen molar-refractivity contribution in [1.82, 2.24) is 4.90 Å². The molecule has 0 aromatic heterocycles. The zero-order valence-corrected chi connectivity index (χ0v) is 12.6. The summed E-state index contributed by atoms with van der Waals surface area (Å²) in [4.78, 5) is 14.1. The van der Waals surface area contributed by atoms with E-state index in [1.165, 1.54) is 5.56 Å². The Kier molecular flexibility index (Phi) is 5.13. The highest BCUT2D eigenvalue weighted by molar-refractivity contribution is 7.98. The van der Waals surface area contributed by atoms with E-state index in [-0.39, 0.29) is 11.9 Å². The first-order chi connectivity index (χ1) is 9.11. The third kappa shape index (κ3) is 3.65. The number of amides is 1. The van der Waals surface area contributed by atoms with Gasteiger partial charge < -0.3 is 10.6 Å². The molecule has 0 saturated carbocycles. The van der Waals surface area contributed by atoms with Gasteiger partial charge in [-0.2, -0.15) is 11.8 Å². The molecule has 1 heterocycles. The van der Waals surface area contributed by atoms with Crippen molar-refractivity contribution in [1.29, 1.82) is 0 Å². The molecule has 3 nitrogen and oxygen atoms in total. The first-order valence-corrected chi connectivity index (χ1v) is 8.19. The number of nitrogens with zero attached hydrogens (tertiary/aromatic N) is 1. The Bertz CT molecular complexity index is 467. The van der Waals surface area contributed by atoms with Gasteiger partial charge in [0.05, 0.1) is 6.04 Å². The van der Waals surface area contributed by atoms with Crippen LogP contribution in [-0.4, -0.2) is 35.4 Å². The Hall–Kier alpha value is -0.710. The van der Waals surface area contributed by atoms with Crippen LogP contribution in [-0.2, 0) is 17.8 Å². The minimum absolute atomic E-state index is 0.0553. The van der Waals surface area contributed by atoms with Gasteiger partial charge in [0.15, 0.2) is 0 Å². The van der Waals surface area contributed by atoms with Gasteiger partial charge in [0, 0.05) is 18.1 Å². The SMILES string of the molecule is CSCC[C@H](N)C(=O)N1CCc2ccc(Cl)cc2C1. The highest BCUT2D eigenvalue weighted by Gasteiger charge is 2.24. The molecule has 1 aliphatic heterocycles. The zero-order valence-electron chi connectivity index (χ0n) is 11.1. The van der Waals surface area contributed by atoms with Crippen molar-refractivity contribution >= 4 is 29.3 Å². The monoisotopic (exact) mass is 298 g/mol. The quantitative estimate of drug-likeness (QED) is 0.928. The van der Waals surface area contributed by atoms with E-state index in [9.17, 15) is 4.79 Å². The summed E-state index contributed by atoms with van der Waals surface area (Å²) in [7, 11) is 0. The molecule has 0 fully saturated rings. The number of carbonyl (C=O) groups is 1. The summed E-state index contributed by atoms with van der Waals surface area (Å²) in [6.45, 7) is 1.38. The molecule has 0 spiro atoms. The van der Waals surface area contributed by atoms with Crippen molar-refractivity contribution < 1.29 is 4.79 Å². The second-order valence-electron chi connectivity index (χ2n) is 4.81. The van der Waals surface area contributed by atoms with E-state index in [1.54, 1.807) is 11.8 Å². The Morgan fingerprint density at radius 2 is 2.32 bits per heavy atom. The van der Waals surface area contributed by atoms with Crippen LogP contribution in [0.1, 0.15) is 17.5 Å². The molecule has 1 aromatic carbocycles. The van der Waals surface area contributed by atoms with Crippen molar-refractivity contribution in [2.45, 2.75) is 25.4 Å². The first kappa shape index (κ1) is 14.7. The normalized spacial score (nSPS) is 16.1. The number of nitrogens with two attached hydrogens (primary N) is 1. The summed E-state index contributed by atoms with van der Waals surface area (Å²) in [6, 6.07) is 5.52. The number of rotatable bonds is 4. The molecule has 1 atom stereocenters. The molecule has 0 aliphatic carbocycles. The van der Waals surface area contributed by atoms with Gasteiger partial charge in [0.1, 0.15) is 0 Å². The fourth-order valence-electron chi connectivity index (χ4n) is 2.32. The van der Waals surface area contributed by atoms with Crippen LogP contribution in [0.5, 0.6) is 0 Å². The van der Waals surface area contributed by atoms with Crippen molar-refractivity contribution in [3.05, 3.63) is 34.3 Å². The number of fused-ring (bicyclic) bond motifs is 1. The molecule has 0 bridgehead atoms. The van der Waals surface area contributed by atoms with E-state index >= 15 is 0 Å². The molecule has 0 unspecified atom stereocenters. The van der Waals surface area contributed by atoms with Crippen LogP contribution in [0.4, 0.5) is 0 Å². The maximum absolute atomic E-state index is 12.3. The van der Waals surface area contributed by atoms with Crippen LogP contribution in [0, 0.1) is 0 Å². The van der Waals surface area contributed by atoms with Crippen LogP contribution in [0.2, 0.25) is 5.02 Å².